The largest absolute Gasteiger partial charge is 0.506 e. The second kappa shape index (κ2) is 5.71. The van der Waals surface area contributed by atoms with Gasteiger partial charge in [-0.2, -0.15) is 0 Å². The van der Waals surface area contributed by atoms with Gasteiger partial charge >= 0.3 is 0 Å². The van der Waals surface area contributed by atoms with E-state index >= 15 is 0 Å². The van der Waals surface area contributed by atoms with Crippen molar-refractivity contribution in [2.45, 2.75) is 0 Å². The molecule has 116 valence electrons. The van der Waals surface area contributed by atoms with E-state index in [2.05, 4.69) is 0 Å². The smallest absolute Gasteiger partial charge is 0.141 e. The van der Waals surface area contributed by atoms with Crippen molar-refractivity contribution < 1.29 is 19.0 Å². The van der Waals surface area contributed by atoms with Crippen LogP contribution in [0.5, 0.6) is 11.5 Å². The molecule has 22 heavy (non-hydrogen) atoms. The van der Waals surface area contributed by atoms with E-state index in [4.69, 9.17) is 0 Å². The fraction of sp³-hybridized carbons (Fsp3) is 0.250. The summed E-state index contributed by atoms with van der Waals surface area (Å²) in [5, 5.41) is 19.6. The van der Waals surface area contributed by atoms with E-state index < -0.39 is 11.6 Å². The maximum atomic E-state index is 13.0. The number of nitrogens with zero attached hydrogens (tertiary/aromatic N) is 2. The number of piperazine rings is 1. The average molecular weight is 306 g/mol. The van der Waals surface area contributed by atoms with Crippen LogP contribution in [0.2, 0.25) is 0 Å². The Labute approximate surface area is 126 Å². The molecule has 0 atom stereocenters. The Morgan fingerprint density at radius 1 is 0.682 bits per heavy atom. The molecule has 3 rings (SSSR count). The molecule has 1 fully saturated rings. The van der Waals surface area contributed by atoms with Crippen LogP contribution in [-0.4, -0.2) is 36.4 Å². The van der Waals surface area contributed by atoms with Gasteiger partial charge in [-0.05, 0) is 24.3 Å². The van der Waals surface area contributed by atoms with E-state index in [1.54, 1.807) is 12.1 Å². The van der Waals surface area contributed by atoms with Crippen molar-refractivity contribution in [1.29, 1.82) is 0 Å². The first-order valence-corrected chi connectivity index (χ1v) is 7.01. The van der Waals surface area contributed by atoms with E-state index in [0.717, 1.165) is 12.1 Å². The van der Waals surface area contributed by atoms with Crippen LogP contribution >= 0.6 is 0 Å². The molecule has 4 nitrogen and oxygen atoms in total. The molecular weight excluding hydrogens is 290 g/mol. The molecule has 0 spiro atoms. The first-order chi connectivity index (χ1) is 10.5. The van der Waals surface area contributed by atoms with Crippen LogP contribution in [0.15, 0.2) is 36.4 Å². The van der Waals surface area contributed by atoms with Gasteiger partial charge in [-0.3, -0.25) is 0 Å². The number of phenolic OH excluding ortho intramolecular Hbond substituents is 2. The van der Waals surface area contributed by atoms with Crippen LogP contribution in [0.3, 0.4) is 0 Å². The summed E-state index contributed by atoms with van der Waals surface area (Å²) in [7, 11) is 0. The highest BCUT2D eigenvalue weighted by atomic mass is 19.1. The first-order valence-electron chi connectivity index (χ1n) is 7.01. The van der Waals surface area contributed by atoms with Gasteiger partial charge in [0.15, 0.2) is 0 Å². The maximum absolute atomic E-state index is 13.0. The lowest BCUT2D eigenvalue weighted by Crippen LogP contribution is -2.46. The number of hydrogen-bond donors (Lipinski definition) is 2. The predicted octanol–water partition coefficient (Wildman–Crippen LogP) is 2.70. The molecule has 0 bridgehead atoms. The number of anilines is 2. The third-order valence-corrected chi connectivity index (χ3v) is 3.84. The quantitative estimate of drug-likeness (QED) is 0.895. The standard InChI is InChI=1S/C16H16F2N2O2/c17-11-1-3-13(15(21)9-11)19-5-7-20(8-6-19)14-4-2-12(18)10-16(14)22/h1-4,9-10,21-22H,5-8H2. The second-order valence-corrected chi connectivity index (χ2v) is 5.24. The summed E-state index contributed by atoms with van der Waals surface area (Å²) in [6, 6.07) is 7.91. The Morgan fingerprint density at radius 2 is 1.05 bits per heavy atom. The van der Waals surface area contributed by atoms with Crippen LogP contribution in [-0.2, 0) is 0 Å². The lowest BCUT2D eigenvalue weighted by Gasteiger charge is -2.37. The van der Waals surface area contributed by atoms with Gasteiger partial charge in [0.05, 0.1) is 11.4 Å². The predicted molar refractivity (Wildman–Crippen MR) is 80.6 cm³/mol. The van der Waals surface area contributed by atoms with Gasteiger partial charge in [-0.1, -0.05) is 0 Å². The van der Waals surface area contributed by atoms with Crippen LogP contribution in [0.25, 0.3) is 0 Å². The fourth-order valence-electron chi connectivity index (χ4n) is 2.72. The highest BCUT2D eigenvalue weighted by molar-refractivity contribution is 5.61. The Bertz CT molecular complexity index is 626. The van der Waals surface area contributed by atoms with Gasteiger partial charge in [0.25, 0.3) is 0 Å². The molecule has 0 aromatic heterocycles. The van der Waals surface area contributed by atoms with Crippen LogP contribution in [0.4, 0.5) is 20.2 Å². The zero-order valence-corrected chi connectivity index (χ0v) is 11.8. The minimum atomic E-state index is -0.476. The lowest BCUT2D eigenvalue weighted by molar-refractivity contribution is 0.461. The Morgan fingerprint density at radius 3 is 1.36 bits per heavy atom. The summed E-state index contributed by atoms with van der Waals surface area (Å²) in [5.41, 5.74) is 1.17. The van der Waals surface area contributed by atoms with Crippen molar-refractivity contribution in [3.05, 3.63) is 48.0 Å². The highest BCUT2D eigenvalue weighted by Crippen LogP contribution is 2.32. The Hall–Kier alpha value is -2.50. The van der Waals surface area contributed by atoms with Crippen LogP contribution in [0.1, 0.15) is 0 Å². The van der Waals surface area contributed by atoms with E-state index in [0.29, 0.717) is 37.6 Å². The third-order valence-electron chi connectivity index (χ3n) is 3.84. The number of aromatic hydroxyl groups is 2. The molecule has 2 aromatic carbocycles. The molecule has 1 saturated heterocycles. The van der Waals surface area contributed by atoms with Crippen molar-refractivity contribution >= 4 is 11.4 Å². The van der Waals surface area contributed by atoms with Gasteiger partial charge in [0.1, 0.15) is 23.1 Å². The summed E-state index contributed by atoms with van der Waals surface area (Å²) in [6.45, 7) is 2.43. The third kappa shape index (κ3) is 2.77. The number of benzene rings is 2. The number of rotatable bonds is 2. The molecule has 1 aliphatic heterocycles. The molecule has 0 amide bonds. The number of halogens is 2. The lowest BCUT2D eigenvalue weighted by atomic mass is 10.2. The highest BCUT2D eigenvalue weighted by Gasteiger charge is 2.21. The SMILES string of the molecule is Oc1cc(F)ccc1N1CCN(c2ccc(F)cc2O)CC1. The summed E-state index contributed by atoms with van der Waals surface area (Å²) in [5.74, 6) is -1.12. The number of phenols is 2. The summed E-state index contributed by atoms with van der Waals surface area (Å²) in [6.07, 6.45) is 0. The second-order valence-electron chi connectivity index (χ2n) is 5.24. The average Bonchev–Trinajstić information content (AvgIpc) is 2.48. The molecule has 0 saturated carbocycles. The van der Waals surface area contributed by atoms with Crippen LogP contribution < -0.4 is 9.80 Å². The molecule has 1 aliphatic rings. The summed E-state index contributed by atoms with van der Waals surface area (Å²) < 4.78 is 26.1. The van der Waals surface area contributed by atoms with Crippen molar-refractivity contribution in [3.8, 4) is 11.5 Å². The van der Waals surface area contributed by atoms with Gasteiger partial charge in [0.2, 0.25) is 0 Å². The zero-order chi connectivity index (χ0) is 15.7. The van der Waals surface area contributed by atoms with E-state index in [9.17, 15) is 19.0 Å². The molecule has 2 N–H and O–H groups in total. The normalized spacial score (nSPS) is 15.2. The minimum Gasteiger partial charge on any atom is -0.506 e. The van der Waals surface area contributed by atoms with E-state index in [1.807, 2.05) is 9.80 Å². The zero-order valence-electron chi connectivity index (χ0n) is 11.8. The van der Waals surface area contributed by atoms with Gasteiger partial charge in [-0.25, -0.2) is 8.78 Å². The van der Waals surface area contributed by atoms with Crippen molar-refractivity contribution in [2.75, 3.05) is 36.0 Å². The number of hydrogen-bond acceptors (Lipinski definition) is 4. The Kier molecular flexibility index (Phi) is 3.75. The van der Waals surface area contributed by atoms with E-state index in [1.165, 1.54) is 12.1 Å². The van der Waals surface area contributed by atoms with E-state index in [-0.39, 0.29) is 11.5 Å². The molecule has 1 heterocycles. The van der Waals surface area contributed by atoms with Gasteiger partial charge in [0, 0.05) is 38.3 Å². The molecule has 2 aromatic rings. The topological polar surface area (TPSA) is 46.9 Å². The first kappa shape index (κ1) is 14.4. The molecule has 0 unspecified atom stereocenters. The fourth-order valence-corrected chi connectivity index (χ4v) is 2.72. The molecular formula is C16H16F2N2O2. The molecule has 0 radical (unpaired) electrons. The van der Waals surface area contributed by atoms with Crippen molar-refractivity contribution in [1.82, 2.24) is 0 Å². The monoisotopic (exact) mass is 306 g/mol. The molecule has 6 heteroatoms. The van der Waals surface area contributed by atoms with Crippen molar-refractivity contribution in [2.24, 2.45) is 0 Å². The summed E-state index contributed by atoms with van der Waals surface area (Å²) >= 11 is 0. The molecule has 0 aliphatic carbocycles. The van der Waals surface area contributed by atoms with Gasteiger partial charge in [-0.15, -0.1) is 0 Å². The Balaban J connectivity index is 1.72. The van der Waals surface area contributed by atoms with Crippen LogP contribution in [0, 0.1) is 11.6 Å². The van der Waals surface area contributed by atoms with Gasteiger partial charge < -0.3 is 20.0 Å². The summed E-state index contributed by atoms with van der Waals surface area (Å²) in [4.78, 5) is 3.90. The maximum Gasteiger partial charge on any atom is 0.141 e. The minimum absolute atomic E-state index is 0.0851. The van der Waals surface area contributed by atoms with Crippen molar-refractivity contribution in [3.63, 3.8) is 0 Å².